The van der Waals surface area contributed by atoms with E-state index in [2.05, 4.69) is 70.1 Å². The van der Waals surface area contributed by atoms with E-state index < -0.39 is 0 Å². The zero-order chi connectivity index (χ0) is 14.8. The molecule has 0 saturated heterocycles. The highest BCUT2D eigenvalue weighted by Crippen LogP contribution is 2.22. The number of anilines is 1. The molecule has 2 aromatic rings. The van der Waals surface area contributed by atoms with E-state index >= 15 is 0 Å². The Morgan fingerprint density at radius 1 is 1.10 bits per heavy atom. The maximum Gasteiger partial charge on any atom is 0.124 e. The van der Waals surface area contributed by atoms with Crippen LogP contribution in [0.4, 0.5) is 5.69 Å². The van der Waals surface area contributed by atoms with E-state index in [0.717, 1.165) is 29.2 Å². The summed E-state index contributed by atoms with van der Waals surface area (Å²) in [6.07, 6.45) is 0. The SMILES string of the molecule is CC1=NN(c2ccccc2)CN1Cc1ccc(Br)c(C)c1. The molecule has 0 radical (unpaired) electrons. The number of para-hydroxylation sites is 1. The van der Waals surface area contributed by atoms with E-state index in [1.54, 1.807) is 0 Å². The van der Waals surface area contributed by atoms with Crippen molar-refractivity contribution in [3.8, 4) is 0 Å². The van der Waals surface area contributed by atoms with Gasteiger partial charge in [0.05, 0.1) is 5.69 Å². The van der Waals surface area contributed by atoms with Crippen LogP contribution in [-0.2, 0) is 6.54 Å². The number of hydrogen-bond donors (Lipinski definition) is 0. The number of hydrogen-bond acceptors (Lipinski definition) is 3. The molecule has 0 saturated carbocycles. The van der Waals surface area contributed by atoms with E-state index in [9.17, 15) is 0 Å². The zero-order valence-electron chi connectivity index (χ0n) is 12.3. The van der Waals surface area contributed by atoms with Crippen molar-refractivity contribution in [1.82, 2.24) is 4.90 Å². The molecule has 0 fully saturated rings. The maximum absolute atomic E-state index is 4.64. The van der Waals surface area contributed by atoms with Crippen molar-refractivity contribution in [2.24, 2.45) is 5.10 Å². The van der Waals surface area contributed by atoms with Crippen molar-refractivity contribution in [3.05, 3.63) is 64.1 Å². The Labute approximate surface area is 134 Å². The number of rotatable bonds is 3. The molecule has 1 aliphatic heterocycles. The number of nitrogens with zero attached hydrogens (tertiary/aromatic N) is 3. The molecule has 0 amide bonds. The third kappa shape index (κ3) is 3.10. The Kier molecular flexibility index (Phi) is 3.97. The lowest BCUT2D eigenvalue weighted by Crippen LogP contribution is -2.29. The molecule has 3 rings (SSSR count). The Morgan fingerprint density at radius 2 is 1.86 bits per heavy atom. The summed E-state index contributed by atoms with van der Waals surface area (Å²) in [6.45, 7) is 5.86. The standard InChI is InChI=1S/C17H18BrN3/c1-13-10-15(8-9-17(13)18)11-20-12-21(19-14(20)2)16-6-4-3-5-7-16/h3-10H,11-12H2,1-2H3. The lowest BCUT2D eigenvalue weighted by atomic mass is 10.1. The molecule has 108 valence electrons. The molecule has 1 aliphatic rings. The van der Waals surface area contributed by atoms with Crippen LogP contribution in [0.15, 0.2) is 58.1 Å². The average Bonchev–Trinajstić information content (AvgIpc) is 2.85. The van der Waals surface area contributed by atoms with Gasteiger partial charge in [-0.1, -0.05) is 46.3 Å². The van der Waals surface area contributed by atoms with Crippen molar-refractivity contribution < 1.29 is 0 Å². The van der Waals surface area contributed by atoms with Gasteiger partial charge in [-0.05, 0) is 43.2 Å². The van der Waals surface area contributed by atoms with Gasteiger partial charge >= 0.3 is 0 Å². The van der Waals surface area contributed by atoms with Crippen molar-refractivity contribution >= 4 is 27.5 Å². The van der Waals surface area contributed by atoms with E-state index in [-0.39, 0.29) is 0 Å². The van der Waals surface area contributed by atoms with E-state index in [4.69, 9.17) is 0 Å². The highest BCUT2D eigenvalue weighted by Gasteiger charge is 2.20. The van der Waals surface area contributed by atoms with Crippen LogP contribution in [0.5, 0.6) is 0 Å². The number of hydrazone groups is 1. The summed E-state index contributed by atoms with van der Waals surface area (Å²) in [5.41, 5.74) is 3.70. The first kappa shape index (κ1) is 14.1. The fourth-order valence-electron chi connectivity index (χ4n) is 2.46. The Hall–Kier alpha value is -1.81. The first-order valence-corrected chi connectivity index (χ1v) is 7.80. The Balaban J connectivity index is 1.73. The summed E-state index contributed by atoms with van der Waals surface area (Å²) in [5.74, 6) is 1.06. The number of benzene rings is 2. The van der Waals surface area contributed by atoms with Crippen molar-refractivity contribution in [1.29, 1.82) is 0 Å². The van der Waals surface area contributed by atoms with Crippen LogP contribution in [0, 0.1) is 6.92 Å². The zero-order valence-corrected chi connectivity index (χ0v) is 13.8. The van der Waals surface area contributed by atoms with Gasteiger partial charge in [-0.15, -0.1) is 0 Å². The summed E-state index contributed by atoms with van der Waals surface area (Å²) in [5, 5.41) is 6.69. The molecule has 0 bridgehead atoms. The van der Waals surface area contributed by atoms with Gasteiger partial charge in [0.2, 0.25) is 0 Å². The van der Waals surface area contributed by atoms with E-state index in [0.29, 0.717) is 0 Å². The molecule has 0 unspecified atom stereocenters. The fraction of sp³-hybridized carbons (Fsp3) is 0.235. The second-order valence-electron chi connectivity index (χ2n) is 5.31. The average molecular weight is 344 g/mol. The predicted octanol–water partition coefficient (Wildman–Crippen LogP) is 4.37. The smallest absolute Gasteiger partial charge is 0.124 e. The number of halogens is 1. The molecular weight excluding hydrogens is 326 g/mol. The van der Waals surface area contributed by atoms with Crippen LogP contribution in [0.3, 0.4) is 0 Å². The Bertz CT molecular complexity index is 667. The highest BCUT2D eigenvalue weighted by molar-refractivity contribution is 9.10. The van der Waals surface area contributed by atoms with Crippen LogP contribution in [0.2, 0.25) is 0 Å². The normalized spacial score (nSPS) is 14.5. The van der Waals surface area contributed by atoms with Gasteiger partial charge in [0.25, 0.3) is 0 Å². The van der Waals surface area contributed by atoms with E-state index in [1.807, 2.05) is 23.2 Å². The minimum atomic E-state index is 0.797. The van der Waals surface area contributed by atoms with Crippen LogP contribution < -0.4 is 5.01 Å². The molecule has 0 atom stereocenters. The van der Waals surface area contributed by atoms with Gasteiger partial charge in [-0.3, -0.25) is 0 Å². The quantitative estimate of drug-likeness (QED) is 0.823. The van der Waals surface area contributed by atoms with Crippen molar-refractivity contribution in [3.63, 3.8) is 0 Å². The van der Waals surface area contributed by atoms with E-state index in [1.165, 1.54) is 11.1 Å². The third-order valence-corrected chi connectivity index (χ3v) is 4.57. The molecule has 1 heterocycles. The molecule has 0 aromatic heterocycles. The molecular formula is C17H18BrN3. The van der Waals surface area contributed by atoms with Crippen LogP contribution in [0.1, 0.15) is 18.1 Å². The van der Waals surface area contributed by atoms with Crippen molar-refractivity contribution in [2.75, 3.05) is 11.7 Å². The predicted molar refractivity (Wildman–Crippen MR) is 91.3 cm³/mol. The summed E-state index contributed by atoms with van der Waals surface area (Å²) >= 11 is 3.55. The van der Waals surface area contributed by atoms with Crippen LogP contribution in [-0.4, -0.2) is 17.4 Å². The molecule has 0 N–H and O–H groups in total. The summed E-state index contributed by atoms with van der Waals surface area (Å²) in [6, 6.07) is 16.8. The monoisotopic (exact) mass is 343 g/mol. The lowest BCUT2D eigenvalue weighted by Gasteiger charge is -2.20. The van der Waals surface area contributed by atoms with Gasteiger partial charge in [0.1, 0.15) is 12.5 Å². The fourth-order valence-corrected chi connectivity index (χ4v) is 2.71. The Morgan fingerprint density at radius 3 is 2.57 bits per heavy atom. The third-order valence-electron chi connectivity index (χ3n) is 3.68. The summed E-state index contributed by atoms with van der Waals surface area (Å²) in [4.78, 5) is 2.29. The van der Waals surface area contributed by atoms with Gasteiger partial charge in [0.15, 0.2) is 0 Å². The molecule has 0 aliphatic carbocycles. The largest absolute Gasteiger partial charge is 0.335 e. The van der Waals surface area contributed by atoms with Gasteiger partial charge in [0, 0.05) is 11.0 Å². The van der Waals surface area contributed by atoms with Crippen molar-refractivity contribution in [2.45, 2.75) is 20.4 Å². The molecule has 0 spiro atoms. The lowest BCUT2D eigenvalue weighted by molar-refractivity contribution is 0.439. The van der Waals surface area contributed by atoms with Gasteiger partial charge in [-0.25, -0.2) is 5.01 Å². The van der Waals surface area contributed by atoms with Crippen LogP contribution in [0.25, 0.3) is 0 Å². The van der Waals surface area contributed by atoms with Gasteiger partial charge < -0.3 is 4.90 Å². The first-order valence-electron chi connectivity index (χ1n) is 7.01. The highest BCUT2D eigenvalue weighted by atomic mass is 79.9. The number of aryl methyl sites for hydroxylation is 1. The number of amidine groups is 1. The minimum Gasteiger partial charge on any atom is -0.335 e. The van der Waals surface area contributed by atoms with Gasteiger partial charge in [-0.2, -0.15) is 5.10 Å². The molecule has 2 aromatic carbocycles. The first-order chi connectivity index (χ1) is 10.1. The molecule has 4 heteroatoms. The molecule has 21 heavy (non-hydrogen) atoms. The maximum atomic E-state index is 4.64. The second-order valence-corrected chi connectivity index (χ2v) is 6.16. The minimum absolute atomic E-state index is 0.797. The second kappa shape index (κ2) is 5.90. The summed E-state index contributed by atoms with van der Waals surface area (Å²) in [7, 11) is 0. The van der Waals surface area contributed by atoms with Crippen LogP contribution >= 0.6 is 15.9 Å². The topological polar surface area (TPSA) is 18.8 Å². The summed E-state index contributed by atoms with van der Waals surface area (Å²) < 4.78 is 1.16. The molecule has 3 nitrogen and oxygen atoms in total.